The highest BCUT2D eigenvalue weighted by Gasteiger charge is 2.01. The van der Waals surface area contributed by atoms with Crippen LogP contribution in [0.4, 0.5) is 10.2 Å². The molecule has 1 rings (SSSR count). The molecule has 1 heterocycles. The molecule has 1 amide bonds. The van der Waals surface area contributed by atoms with Crippen LogP contribution in [0.2, 0.25) is 0 Å². The van der Waals surface area contributed by atoms with E-state index in [2.05, 4.69) is 15.6 Å². The van der Waals surface area contributed by atoms with E-state index in [1.54, 1.807) is 17.0 Å². The van der Waals surface area contributed by atoms with Crippen LogP contribution in [0.5, 0.6) is 0 Å². The summed E-state index contributed by atoms with van der Waals surface area (Å²) < 4.78 is 12.7. The van der Waals surface area contributed by atoms with Gasteiger partial charge in [-0.15, -0.1) is 0 Å². The zero-order chi connectivity index (χ0) is 12.7. The van der Waals surface area contributed by atoms with Crippen LogP contribution < -0.4 is 10.6 Å². The van der Waals surface area contributed by atoms with Gasteiger partial charge in [0, 0.05) is 13.1 Å². The molecule has 5 nitrogen and oxygen atoms in total. The summed E-state index contributed by atoms with van der Waals surface area (Å²) in [7, 11) is 3.66. The third kappa shape index (κ3) is 5.82. The standard InChI is InChI=1S/C11H17FN4O/c1-16(2)8-11(17)14-7-6-13-10-5-3-4-9(12)15-10/h3-5H,6-8H2,1-2H3,(H,13,15)(H,14,17). The summed E-state index contributed by atoms with van der Waals surface area (Å²) in [6.07, 6.45) is 0. The summed E-state index contributed by atoms with van der Waals surface area (Å²) in [6.45, 7) is 1.35. The molecule has 0 aliphatic rings. The van der Waals surface area contributed by atoms with E-state index in [9.17, 15) is 9.18 Å². The lowest BCUT2D eigenvalue weighted by molar-refractivity contribution is -0.121. The molecule has 2 N–H and O–H groups in total. The fourth-order valence-corrected chi connectivity index (χ4v) is 1.24. The number of hydrogen-bond acceptors (Lipinski definition) is 4. The number of amides is 1. The molecule has 0 spiro atoms. The first-order valence-electron chi connectivity index (χ1n) is 5.36. The van der Waals surface area contributed by atoms with E-state index in [1.807, 2.05) is 14.1 Å². The lowest BCUT2D eigenvalue weighted by Gasteiger charge is -2.10. The summed E-state index contributed by atoms with van der Waals surface area (Å²) in [6, 6.07) is 4.53. The van der Waals surface area contributed by atoms with Crippen molar-refractivity contribution in [2.45, 2.75) is 0 Å². The molecule has 0 aliphatic carbocycles. The molecule has 0 radical (unpaired) electrons. The maximum Gasteiger partial charge on any atom is 0.234 e. The number of likely N-dealkylation sites (N-methyl/N-ethyl adjacent to an activating group) is 1. The van der Waals surface area contributed by atoms with Gasteiger partial charge in [0.15, 0.2) is 0 Å². The van der Waals surface area contributed by atoms with Crippen LogP contribution in [0, 0.1) is 5.95 Å². The molecule has 1 aromatic rings. The molecule has 6 heteroatoms. The number of carbonyl (C=O) groups is 1. The van der Waals surface area contributed by atoms with Crippen molar-refractivity contribution in [2.24, 2.45) is 0 Å². The zero-order valence-corrected chi connectivity index (χ0v) is 10.0. The van der Waals surface area contributed by atoms with Crippen molar-refractivity contribution >= 4 is 11.7 Å². The summed E-state index contributed by atoms with van der Waals surface area (Å²) in [5.74, 6) is -0.0949. The molecule has 0 fully saturated rings. The van der Waals surface area contributed by atoms with Gasteiger partial charge in [-0.2, -0.15) is 4.39 Å². The molecule has 0 saturated heterocycles. The Kier molecular flexibility index (Phi) is 5.35. The van der Waals surface area contributed by atoms with Gasteiger partial charge in [-0.25, -0.2) is 4.98 Å². The molecule has 17 heavy (non-hydrogen) atoms. The smallest absolute Gasteiger partial charge is 0.234 e. The highest BCUT2D eigenvalue weighted by atomic mass is 19.1. The van der Waals surface area contributed by atoms with Crippen molar-refractivity contribution < 1.29 is 9.18 Å². The lowest BCUT2D eigenvalue weighted by Crippen LogP contribution is -2.35. The number of carbonyl (C=O) groups excluding carboxylic acids is 1. The SMILES string of the molecule is CN(C)CC(=O)NCCNc1cccc(F)n1. The summed E-state index contributed by atoms with van der Waals surface area (Å²) in [4.78, 5) is 16.7. The number of anilines is 1. The average Bonchev–Trinajstić information content (AvgIpc) is 2.23. The number of pyridine rings is 1. The van der Waals surface area contributed by atoms with Gasteiger partial charge in [0.25, 0.3) is 0 Å². The van der Waals surface area contributed by atoms with E-state index in [0.29, 0.717) is 25.5 Å². The van der Waals surface area contributed by atoms with Gasteiger partial charge in [-0.1, -0.05) is 6.07 Å². The van der Waals surface area contributed by atoms with Gasteiger partial charge in [-0.05, 0) is 26.2 Å². The largest absolute Gasteiger partial charge is 0.368 e. The van der Waals surface area contributed by atoms with Crippen LogP contribution in [-0.4, -0.2) is 49.5 Å². The van der Waals surface area contributed by atoms with Crippen molar-refractivity contribution in [2.75, 3.05) is 39.0 Å². The topological polar surface area (TPSA) is 57.3 Å². The highest BCUT2D eigenvalue weighted by molar-refractivity contribution is 5.77. The van der Waals surface area contributed by atoms with E-state index >= 15 is 0 Å². The number of halogens is 1. The monoisotopic (exact) mass is 240 g/mol. The van der Waals surface area contributed by atoms with Gasteiger partial charge < -0.3 is 15.5 Å². The molecule has 0 aromatic carbocycles. The molecule has 0 bridgehead atoms. The first kappa shape index (κ1) is 13.4. The minimum absolute atomic E-state index is 0.0380. The second-order valence-electron chi connectivity index (χ2n) is 3.86. The molecule has 1 aromatic heterocycles. The molecule has 0 aliphatic heterocycles. The fourth-order valence-electron chi connectivity index (χ4n) is 1.24. The Balaban J connectivity index is 2.18. The van der Waals surface area contributed by atoms with Crippen molar-refractivity contribution in [1.29, 1.82) is 0 Å². The van der Waals surface area contributed by atoms with Gasteiger partial charge in [0.05, 0.1) is 6.54 Å². The van der Waals surface area contributed by atoms with Crippen LogP contribution in [0.25, 0.3) is 0 Å². The average molecular weight is 240 g/mol. The minimum Gasteiger partial charge on any atom is -0.368 e. The molecule has 0 unspecified atom stereocenters. The fraction of sp³-hybridized carbons (Fsp3) is 0.455. The Morgan fingerprint density at radius 3 is 2.82 bits per heavy atom. The predicted octanol–water partition coefficient (Wildman–Crippen LogP) is 0.310. The van der Waals surface area contributed by atoms with Gasteiger partial charge in [0.2, 0.25) is 11.9 Å². The highest BCUT2D eigenvalue weighted by Crippen LogP contribution is 2.01. The first-order valence-corrected chi connectivity index (χ1v) is 5.36. The van der Waals surface area contributed by atoms with Crippen LogP contribution >= 0.6 is 0 Å². The number of aromatic nitrogens is 1. The third-order valence-corrected chi connectivity index (χ3v) is 1.93. The van der Waals surface area contributed by atoms with E-state index < -0.39 is 5.95 Å². The Morgan fingerprint density at radius 2 is 2.18 bits per heavy atom. The first-order chi connectivity index (χ1) is 8.08. The van der Waals surface area contributed by atoms with E-state index in [-0.39, 0.29) is 5.91 Å². The summed E-state index contributed by atoms with van der Waals surface area (Å²) >= 11 is 0. The predicted molar refractivity (Wildman–Crippen MR) is 64.2 cm³/mol. The minimum atomic E-state index is -0.522. The normalized spacial score (nSPS) is 10.4. The van der Waals surface area contributed by atoms with Crippen molar-refractivity contribution in [1.82, 2.24) is 15.2 Å². The van der Waals surface area contributed by atoms with Crippen molar-refractivity contribution in [3.05, 3.63) is 24.1 Å². The maximum atomic E-state index is 12.7. The van der Waals surface area contributed by atoms with Crippen molar-refractivity contribution in [3.8, 4) is 0 Å². The lowest BCUT2D eigenvalue weighted by atomic mass is 10.4. The molecular weight excluding hydrogens is 223 g/mol. The van der Waals surface area contributed by atoms with Gasteiger partial charge >= 0.3 is 0 Å². The zero-order valence-electron chi connectivity index (χ0n) is 10.0. The number of hydrogen-bond donors (Lipinski definition) is 2. The second kappa shape index (κ2) is 6.80. The van der Waals surface area contributed by atoms with E-state index in [1.165, 1.54) is 6.07 Å². The Bertz CT molecular complexity index is 370. The molecule has 94 valence electrons. The van der Waals surface area contributed by atoms with Gasteiger partial charge in [-0.3, -0.25) is 4.79 Å². The van der Waals surface area contributed by atoms with Crippen LogP contribution in [0.15, 0.2) is 18.2 Å². The maximum absolute atomic E-state index is 12.7. The number of nitrogens with one attached hydrogen (secondary N) is 2. The Hall–Kier alpha value is -1.69. The number of nitrogens with zero attached hydrogens (tertiary/aromatic N) is 2. The van der Waals surface area contributed by atoms with Crippen LogP contribution in [0.1, 0.15) is 0 Å². The van der Waals surface area contributed by atoms with Crippen LogP contribution in [-0.2, 0) is 4.79 Å². The Labute approximate surface area is 100 Å². The molecular formula is C11H17FN4O. The van der Waals surface area contributed by atoms with Crippen LogP contribution in [0.3, 0.4) is 0 Å². The van der Waals surface area contributed by atoms with Gasteiger partial charge in [0.1, 0.15) is 5.82 Å². The summed E-state index contributed by atoms with van der Waals surface area (Å²) in [5, 5.41) is 5.65. The Morgan fingerprint density at radius 1 is 1.41 bits per heavy atom. The number of rotatable bonds is 6. The molecule has 0 atom stereocenters. The quantitative estimate of drug-likeness (QED) is 0.555. The van der Waals surface area contributed by atoms with Crippen molar-refractivity contribution in [3.63, 3.8) is 0 Å². The van der Waals surface area contributed by atoms with E-state index in [0.717, 1.165) is 0 Å². The second-order valence-corrected chi connectivity index (χ2v) is 3.86. The third-order valence-electron chi connectivity index (χ3n) is 1.93. The molecule has 0 saturated carbocycles. The summed E-state index contributed by atoms with van der Waals surface area (Å²) in [5.41, 5.74) is 0. The van der Waals surface area contributed by atoms with E-state index in [4.69, 9.17) is 0 Å².